The minimum atomic E-state index is -4.28. The van der Waals surface area contributed by atoms with Crippen LogP contribution in [-0.2, 0) is 23.1 Å². The van der Waals surface area contributed by atoms with Crippen molar-refractivity contribution in [2.24, 2.45) is 5.73 Å². The SMILES string of the molecule is Cc1noc(CNS(=O)(=O)c2cc(CN)cc(F)c2F)n1. The molecule has 1 aromatic carbocycles. The molecule has 1 heterocycles. The van der Waals surface area contributed by atoms with Gasteiger partial charge in [-0.05, 0) is 24.6 Å². The maximum atomic E-state index is 13.7. The van der Waals surface area contributed by atoms with Crippen molar-refractivity contribution in [2.45, 2.75) is 24.9 Å². The summed E-state index contributed by atoms with van der Waals surface area (Å²) in [6.45, 7) is 1.10. The molecule has 0 aliphatic heterocycles. The van der Waals surface area contributed by atoms with E-state index >= 15 is 0 Å². The minimum absolute atomic E-state index is 0.00642. The first-order valence-corrected chi connectivity index (χ1v) is 7.28. The van der Waals surface area contributed by atoms with E-state index in [0.717, 1.165) is 12.1 Å². The molecule has 0 spiro atoms. The van der Waals surface area contributed by atoms with Crippen molar-refractivity contribution in [1.82, 2.24) is 14.9 Å². The summed E-state index contributed by atoms with van der Waals surface area (Å²) in [4.78, 5) is 2.97. The number of nitrogens with zero attached hydrogens (tertiary/aromatic N) is 2. The quantitative estimate of drug-likeness (QED) is 0.835. The predicted molar refractivity (Wildman–Crippen MR) is 67.3 cm³/mol. The number of hydrogen-bond acceptors (Lipinski definition) is 6. The van der Waals surface area contributed by atoms with Crippen molar-refractivity contribution in [3.63, 3.8) is 0 Å². The van der Waals surface area contributed by atoms with Crippen LogP contribution in [0.3, 0.4) is 0 Å². The van der Waals surface area contributed by atoms with Gasteiger partial charge in [-0.2, -0.15) is 4.98 Å². The van der Waals surface area contributed by atoms with Gasteiger partial charge < -0.3 is 10.3 Å². The fourth-order valence-electron chi connectivity index (χ4n) is 1.58. The third-order valence-electron chi connectivity index (χ3n) is 2.56. The zero-order chi connectivity index (χ0) is 15.6. The number of nitrogens with two attached hydrogens (primary N) is 1. The largest absolute Gasteiger partial charge is 0.338 e. The van der Waals surface area contributed by atoms with Crippen LogP contribution in [0.5, 0.6) is 0 Å². The van der Waals surface area contributed by atoms with Crippen molar-refractivity contribution >= 4 is 10.0 Å². The Bertz CT molecular complexity index is 761. The number of benzene rings is 1. The Balaban J connectivity index is 2.29. The van der Waals surface area contributed by atoms with Gasteiger partial charge in [-0.3, -0.25) is 0 Å². The first-order chi connectivity index (χ1) is 9.83. The first kappa shape index (κ1) is 15.5. The zero-order valence-corrected chi connectivity index (χ0v) is 11.7. The molecule has 2 aromatic rings. The van der Waals surface area contributed by atoms with Gasteiger partial charge in [0.1, 0.15) is 4.90 Å². The van der Waals surface area contributed by atoms with Gasteiger partial charge >= 0.3 is 0 Å². The van der Waals surface area contributed by atoms with Gasteiger partial charge in [0.15, 0.2) is 17.5 Å². The van der Waals surface area contributed by atoms with Crippen LogP contribution in [-0.4, -0.2) is 18.6 Å². The molecule has 10 heteroatoms. The molecule has 3 N–H and O–H groups in total. The molecule has 7 nitrogen and oxygen atoms in total. The summed E-state index contributed by atoms with van der Waals surface area (Å²) in [5.41, 5.74) is 5.47. The van der Waals surface area contributed by atoms with Crippen LogP contribution in [0.15, 0.2) is 21.6 Å². The van der Waals surface area contributed by atoms with Crippen LogP contribution in [0.4, 0.5) is 8.78 Å². The average molecular weight is 318 g/mol. The third-order valence-corrected chi connectivity index (χ3v) is 3.96. The van der Waals surface area contributed by atoms with Crippen molar-refractivity contribution in [2.75, 3.05) is 0 Å². The second kappa shape index (κ2) is 5.84. The van der Waals surface area contributed by atoms with Gasteiger partial charge in [-0.25, -0.2) is 21.9 Å². The fourth-order valence-corrected chi connectivity index (χ4v) is 2.69. The van der Waals surface area contributed by atoms with Crippen LogP contribution >= 0.6 is 0 Å². The maximum absolute atomic E-state index is 13.7. The van der Waals surface area contributed by atoms with E-state index in [0.29, 0.717) is 5.82 Å². The number of aromatic nitrogens is 2. The second-order valence-electron chi connectivity index (χ2n) is 4.15. The average Bonchev–Trinajstić information content (AvgIpc) is 2.85. The molecule has 0 aliphatic rings. The molecule has 0 radical (unpaired) electrons. The molecular weight excluding hydrogens is 306 g/mol. The van der Waals surface area contributed by atoms with E-state index in [4.69, 9.17) is 10.3 Å². The lowest BCUT2D eigenvalue weighted by Crippen LogP contribution is -2.25. The molecule has 21 heavy (non-hydrogen) atoms. The van der Waals surface area contributed by atoms with Crippen LogP contribution in [0.1, 0.15) is 17.3 Å². The lowest BCUT2D eigenvalue weighted by Gasteiger charge is -2.08. The maximum Gasteiger partial charge on any atom is 0.244 e. The Morgan fingerprint density at radius 2 is 2.10 bits per heavy atom. The van der Waals surface area contributed by atoms with Gasteiger partial charge in [-0.1, -0.05) is 5.16 Å². The Morgan fingerprint density at radius 3 is 2.67 bits per heavy atom. The van der Waals surface area contributed by atoms with Crippen LogP contribution in [0.25, 0.3) is 0 Å². The summed E-state index contributed by atoms with van der Waals surface area (Å²) in [5.74, 6) is -2.42. The lowest BCUT2D eigenvalue weighted by molar-refractivity contribution is 0.371. The summed E-state index contributed by atoms with van der Waals surface area (Å²) in [7, 11) is -4.28. The van der Waals surface area contributed by atoms with Gasteiger partial charge in [0.05, 0.1) is 6.54 Å². The third kappa shape index (κ3) is 3.40. The van der Waals surface area contributed by atoms with Crippen molar-refractivity contribution < 1.29 is 21.7 Å². The van der Waals surface area contributed by atoms with E-state index in [1.54, 1.807) is 6.92 Å². The van der Waals surface area contributed by atoms with E-state index in [2.05, 4.69) is 14.9 Å². The fraction of sp³-hybridized carbons (Fsp3) is 0.273. The van der Waals surface area contributed by atoms with Crippen LogP contribution < -0.4 is 10.5 Å². The number of halogens is 2. The molecular formula is C11H12F2N4O3S. The van der Waals surface area contributed by atoms with Crippen molar-refractivity contribution in [3.05, 3.63) is 41.0 Å². The topological polar surface area (TPSA) is 111 Å². The second-order valence-corrected chi connectivity index (χ2v) is 5.89. The Morgan fingerprint density at radius 1 is 1.38 bits per heavy atom. The van der Waals surface area contributed by atoms with Gasteiger partial charge in [0, 0.05) is 6.54 Å². The first-order valence-electron chi connectivity index (χ1n) is 5.80. The number of nitrogens with one attached hydrogen (secondary N) is 1. The lowest BCUT2D eigenvalue weighted by atomic mass is 10.2. The van der Waals surface area contributed by atoms with Gasteiger partial charge in [-0.15, -0.1) is 0 Å². The molecule has 0 bridgehead atoms. The highest BCUT2D eigenvalue weighted by Gasteiger charge is 2.23. The molecule has 2 rings (SSSR count). The molecule has 114 valence electrons. The highest BCUT2D eigenvalue weighted by atomic mass is 32.2. The number of rotatable bonds is 5. The van der Waals surface area contributed by atoms with E-state index in [-0.39, 0.29) is 24.5 Å². The summed E-state index contributed by atoms with van der Waals surface area (Å²) < 4.78 is 57.8. The normalized spacial score (nSPS) is 11.8. The smallest absolute Gasteiger partial charge is 0.244 e. The molecule has 1 aromatic heterocycles. The molecule has 0 atom stereocenters. The molecule has 0 unspecified atom stereocenters. The van der Waals surface area contributed by atoms with E-state index in [9.17, 15) is 17.2 Å². The highest BCUT2D eigenvalue weighted by Crippen LogP contribution is 2.20. The summed E-state index contributed by atoms with van der Waals surface area (Å²) >= 11 is 0. The Hall–Kier alpha value is -1.91. The molecule has 0 aliphatic carbocycles. The molecule has 0 saturated carbocycles. The van der Waals surface area contributed by atoms with E-state index in [1.165, 1.54) is 0 Å². The molecule has 0 fully saturated rings. The zero-order valence-electron chi connectivity index (χ0n) is 10.9. The molecule has 0 saturated heterocycles. The summed E-state index contributed by atoms with van der Waals surface area (Å²) in [6.07, 6.45) is 0. The minimum Gasteiger partial charge on any atom is -0.338 e. The van der Waals surface area contributed by atoms with Crippen molar-refractivity contribution in [3.8, 4) is 0 Å². The number of hydrogen-bond donors (Lipinski definition) is 2. The Labute approximate surface area is 119 Å². The Kier molecular flexibility index (Phi) is 4.30. The molecule has 0 amide bonds. The monoisotopic (exact) mass is 318 g/mol. The standard InChI is InChI=1S/C11H12F2N4O3S/c1-6-16-10(20-17-6)5-15-21(18,19)9-3-7(4-14)2-8(12)11(9)13/h2-3,15H,4-5,14H2,1H3. The number of sulfonamides is 1. The highest BCUT2D eigenvalue weighted by molar-refractivity contribution is 7.89. The van der Waals surface area contributed by atoms with Gasteiger partial charge in [0.25, 0.3) is 0 Å². The van der Waals surface area contributed by atoms with Crippen LogP contribution in [0.2, 0.25) is 0 Å². The summed E-state index contributed by atoms with van der Waals surface area (Å²) in [5, 5.41) is 3.48. The van der Waals surface area contributed by atoms with Crippen LogP contribution in [0, 0.1) is 18.6 Å². The van der Waals surface area contributed by atoms with Crippen molar-refractivity contribution in [1.29, 1.82) is 0 Å². The summed E-state index contributed by atoms with van der Waals surface area (Å²) in [6, 6.07) is 1.82. The van der Waals surface area contributed by atoms with E-state index in [1.807, 2.05) is 0 Å². The number of aryl methyl sites for hydroxylation is 1. The predicted octanol–water partition coefficient (Wildman–Crippen LogP) is 0.593. The van der Waals surface area contributed by atoms with E-state index < -0.39 is 26.6 Å². The van der Waals surface area contributed by atoms with Gasteiger partial charge in [0.2, 0.25) is 15.9 Å².